The third kappa shape index (κ3) is 4.71. The number of carbonyl (C=O) groups excluding carboxylic acids is 1. The first-order chi connectivity index (χ1) is 11.6. The Morgan fingerprint density at radius 3 is 2.79 bits per heavy atom. The van der Waals surface area contributed by atoms with Crippen LogP contribution in [0.5, 0.6) is 0 Å². The van der Waals surface area contributed by atoms with Gasteiger partial charge in [0.15, 0.2) is 0 Å². The first kappa shape index (κ1) is 16.8. The van der Waals surface area contributed by atoms with E-state index in [2.05, 4.69) is 9.68 Å². The lowest BCUT2D eigenvalue weighted by Crippen LogP contribution is -2.12. The number of carbonyl (C=O) groups is 1. The number of furan rings is 1. The molecule has 3 rings (SSSR count). The molecule has 128 valence electrons. The highest BCUT2D eigenvalue weighted by molar-refractivity contribution is 7.93. The zero-order valence-electron chi connectivity index (χ0n) is 13.6. The van der Waals surface area contributed by atoms with Crippen molar-refractivity contribution in [3.8, 4) is 0 Å². The molecule has 1 saturated heterocycles. The third-order valence-electron chi connectivity index (χ3n) is 4.05. The van der Waals surface area contributed by atoms with Crippen molar-refractivity contribution in [3.05, 3.63) is 54.0 Å². The standard InChI is InChI=1S/C18H22N2O3S/c21-18(9-8-17-7-4-10-23-17)20-16-6-3-5-15(13-16)14-19-24(22)11-1-2-12-24/h3-7,10,13H,1-2,8-9,11-12,14H2,(H,20,21). The molecule has 1 aromatic carbocycles. The molecule has 1 aliphatic heterocycles. The summed E-state index contributed by atoms with van der Waals surface area (Å²) in [4.78, 5) is 12.0. The highest BCUT2D eigenvalue weighted by atomic mass is 32.2. The van der Waals surface area contributed by atoms with Crippen LogP contribution in [0.15, 0.2) is 51.4 Å². The minimum atomic E-state index is -1.99. The Balaban J connectivity index is 1.56. The molecule has 1 fully saturated rings. The van der Waals surface area contributed by atoms with Crippen LogP contribution in [0.1, 0.15) is 30.6 Å². The summed E-state index contributed by atoms with van der Waals surface area (Å²) in [7, 11) is -1.99. The van der Waals surface area contributed by atoms with Gasteiger partial charge in [0.2, 0.25) is 5.91 Å². The van der Waals surface area contributed by atoms with Crippen molar-refractivity contribution in [2.24, 2.45) is 4.36 Å². The topological polar surface area (TPSA) is 71.7 Å². The summed E-state index contributed by atoms with van der Waals surface area (Å²) >= 11 is 0. The molecule has 2 aromatic rings. The van der Waals surface area contributed by atoms with Gasteiger partial charge in [-0.05, 0) is 42.7 Å². The summed E-state index contributed by atoms with van der Waals surface area (Å²) in [5.74, 6) is 2.19. The molecule has 1 aliphatic rings. The molecule has 24 heavy (non-hydrogen) atoms. The lowest BCUT2D eigenvalue weighted by Gasteiger charge is -2.07. The van der Waals surface area contributed by atoms with E-state index in [1.165, 1.54) is 0 Å². The molecule has 1 aromatic heterocycles. The van der Waals surface area contributed by atoms with Crippen LogP contribution < -0.4 is 5.32 Å². The number of nitrogens with zero attached hydrogens (tertiary/aromatic N) is 1. The Labute approximate surface area is 142 Å². The second kappa shape index (κ2) is 7.66. The zero-order valence-corrected chi connectivity index (χ0v) is 14.4. The molecule has 0 radical (unpaired) electrons. The monoisotopic (exact) mass is 346 g/mol. The smallest absolute Gasteiger partial charge is 0.224 e. The molecule has 0 unspecified atom stereocenters. The van der Waals surface area contributed by atoms with E-state index in [0.717, 1.165) is 41.4 Å². The first-order valence-corrected chi connectivity index (χ1v) is 10.1. The number of hydrogen-bond donors (Lipinski definition) is 1. The van der Waals surface area contributed by atoms with Gasteiger partial charge in [0.1, 0.15) is 5.76 Å². The van der Waals surface area contributed by atoms with Gasteiger partial charge in [0.05, 0.1) is 12.8 Å². The Hall–Kier alpha value is -2.08. The van der Waals surface area contributed by atoms with Crippen LogP contribution in [0.4, 0.5) is 5.69 Å². The maximum absolute atomic E-state index is 12.4. The fourth-order valence-corrected chi connectivity index (χ4v) is 4.90. The average molecular weight is 346 g/mol. The van der Waals surface area contributed by atoms with Crippen molar-refractivity contribution >= 4 is 21.3 Å². The van der Waals surface area contributed by atoms with E-state index in [1.54, 1.807) is 6.26 Å². The number of benzene rings is 1. The van der Waals surface area contributed by atoms with Crippen LogP contribution in [0.25, 0.3) is 0 Å². The van der Waals surface area contributed by atoms with E-state index >= 15 is 0 Å². The fourth-order valence-electron chi connectivity index (χ4n) is 2.74. The second-order valence-corrected chi connectivity index (χ2v) is 8.62. The maximum atomic E-state index is 12.4. The lowest BCUT2D eigenvalue weighted by molar-refractivity contribution is -0.116. The normalized spacial score (nSPS) is 16.0. The van der Waals surface area contributed by atoms with Crippen molar-refractivity contribution in [2.45, 2.75) is 32.2 Å². The van der Waals surface area contributed by atoms with Gasteiger partial charge in [0, 0.05) is 39.8 Å². The minimum absolute atomic E-state index is 0.0535. The third-order valence-corrected chi connectivity index (χ3v) is 6.50. The number of anilines is 1. The van der Waals surface area contributed by atoms with Crippen LogP contribution in [-0.4, -0.2) is 21.6 Å². The summed E-state index contributed by atoms with van der Waals surface area (Å²) in [5.41, 5.74) is 1.71. The van der Waals surface area contributed by atoms with Gasteiger partial charge in [-0.15, -0.1) is 0 Å². The summed E-state index contributed by atoms with van der Waals surface area (Å²) < 4.78 is 22.0. The van der Waals surface area contributed by atoms with Crippen molar-refractivity contribution in [1.29, 1.82) is 0 Å². The van der Waals surface area contributed by atoms with E-state index in [9.17, 15) is 9.00 Å². The van der Waals surface area contributed by atoms with Gasteiger partial charge in [-0.25, -0.2) is 8.57 Å². The van der Waals surface area contributed by atoms with Gasteiger partial charge in [-0.1, -0.05) is 12.1 Å². The highest BCUT2D eigenvalue weighted by Gasteiger charge is 2.15. The molecule has 6 heteroatoms. The molecule has 1 amide bonds. The van der Waals surface area contributed by atoms with E-state index < -0.39 is 9.73 Å². The van der Waals surface area contributed by atoms with Crippen molar-refractivity contribution in [3.63, 3.8) is 0 Å². The first-order valence-electron chi connectivity index (χ1n) is 8.22. The number of nitrogens with one attached hydrogen (secondary N) is 1. The van der Waals surface area contributed by atoms with Crippen LogP contribution in [0.2, 0.25) is 0 Å². The molecule has 0 spiro atoms. The largest absolute Gasteiger partial charge is 0.469 e. The highest BCUT2D eigenvalue weighted by Crippen LogP contribution is 2.17. The molecular weight excluding hydrogens is 324 g/mol. The van der Waals surface area contributed by atoms with Crippen LogP contribution in [0.3, 0.4) is 0 Å². The number of aryl methyl sites for hydroxylation is 1. The molecule has 5 nitrogen and oxygen atoms in total. The van der Waals surface area contributed by atoms with E-state index in [-0.39, 0.29) is 5.91 Å². The Morgan fingerprint density at radius 1 is 1.21 bits per heavy atom. The summed E-state index contributed by atoms with van der Waals surface area (Å²) in [6, 6.07) is 11.2. The number of amides is 1. The quantitative estimate of drug-likeness (QED) is 0.868. The molecule has 0 bridgehead atoms. The zero-order chi connectivity index (χ0) is 16.8. The SMILES string of the molecule is O=C(CCc1ccco1)Nc1cccc(CN=S2(=O)CCCC2)c1. The number of rotatable bonds is 6. The molecule has 0 atom stereocenters. The van der Waals surface area contributed by atoms with Crippen LogP contribution in [0, 0.1) is 0 Å². The van der Waals surface area contributed by atoms with E-state index in [1.807, 2.05) is 36.4 Å². The summed E-state index contributed by atoms with van der Waals surface area (Å²) in [6.07, 6.45) is 4.57. The number of hydrogen-bond acceptors (Lipinski definition) is 4. The Morgan fingerprint density at radius 2 is 2.04 bits per heavy atom. The van der Waals surface area contributed by atoms with Gasteiger partial charge < -0.3 is 9.73 Å². The van der Waals surface area contributed by atoms with Crippen LogP contribution in [-0.2, 0) is 27.5 Å². The van der Waals surface area contributed by atoms with Gasteiger partial charge >= 0.3 is 0 Å². The van der Waals surface area contributed by atoms with Crippen molar-refractivity contribution in [1.82, 2.24) is 0 Å². The Kier molecular flexibility index (Phi) is 5.35. The van der Waals surface area contributed by atoms with Crippen molar-refractivity contribution in [2.75, 3.05) is 16.8 Å². The molecule has 1 N–H and O–H groups in total. The lowest BCUT2D eigenvalue weighted by atomic mass is 10.2. The van der Waals surface area contributed by atoms with E-state index in [0.29, 0.717) is 19.4 Å². The maximum Gasteiger partial charge on any atom is 0.224 e. The molecule has 0 saturated carbocycles. The molecule has 2 heterocycles. The van der Waals surface area contributed by atoms with Gasteiger partial charge in [-0.3, -0.25) is 4.79 Å². The predicted octanol–water partition coefficient (Wildman–Crippen LogP) is 3.61. The van der Waals surface area contributed by atoms with Gasteiger partial charge in [0.25, 0.3) is 0 Å². The second-order valence-electron chi connectivity index (χ2n) is 6.00. The predicted molar refractivity (Wildman–Crippen MR) is 95.3 cm³/mol. The summed E-state index contributed by atoms with van der Waals surface area (Å²) in [5, 5.41) is 2.89. The van der Waals surface area contributed by atoms with Crippen molar-refractivity contribution < 1.29 is 13.4 Å². The summed E-state index contributed by atoms with van der Waals surface area (Å²) in [6.45, 7) is 0.439. The molecule has 0 aliphatic carbocycles. The molecular formula is C18H22N2O3S. The van der Waals surface area contributed by atoms with Gasteiger partial charge in [-0.2, -0.15) is 0 Å². The van der Waals surface area contributed by atoms with E-state index in [4.69, 9.17) is 4.42 Å². The van der Waals surface area contributed by atoms with Crippen LogP contribution >= 0.6 is 0 Å². The average Bonchev–Trinajstić information content (AvgIpc) is 3.24. The fraction of sp³-hybridized carbons (Fsp3) is 0.389. The minimum Gasteiger partial charge on any atom is -0.469 e. The Bertz CT molecular complexity index is 793.